The third-order valence-electron chi connectivity index (χ3n) is 2.82. The zero-order chi connectivity index (χ0) is 14.2. The Balaban J connectivity index is 2.01. The molecule has 0 aliphatic carbocycles. The number of likely N-dealkylation sites (N-methyl/N-ethyl adjacent to an activating group) is 1. The number of carbonyl (C=O) groups is 5. The Kier molecular flexibility index (Phi) is 3.19. The van der Waals surface area contributed by atoms with Crippen molar-refractivity contribution >= 4 is 29.7 Å². The third-order valence-corrected chi connectivity index (χ3v) is 2.82. The molecule has 2 fully saturated rings. The summed E-state index contributed by atoms with van der Waals surface area (Å²) in [5.74, 6) is -2.25. The fourth-order valence-corrected chi connectivity index (χ4v) is 1.87. The van der Waals surface area contributed by atoms with Gasteiger partial charge in [-0.3, -0.25) is 29.4 Å². The zero-order valence-electron chi connectivity index (χ0n) is 10.2. The quantitative estimate of drug-likeness (QED) is 0.435. The number of rotatable bonds is 2. The van der Waals surface area contributed by atoms with Gasteiger partial charge in [-0.1, -0.05) is 0 Å². The van der Waals surface area contributed by atoms with Crippen LogP contribution >= 0.6 is 0 Å². The number of nitrogens with zero attached hydrogens (tertiary/aromatic N) is 3. The van der Waals surface area contributed by atoms with E-state index < -0.39 is 36.2 Å². The predicted octanol–water partition coefficient (Wildman–Crippen LogP) is -2.63. The first kappa shape index (κ1) is 13.0. The molecular weight excluding hydrogens is 256 g/mol. The molecule has 0 aromatic rings. The first-order valence-corrected chi connectivity index (χ1v) is 5.54. The number of carbonyl (C=O) groups excluding carboxylic acids is 5. The summed E-state index contributed by atoms with van der Waals surface area (Å²) >= 11 is 0. The van der Waals surface area contributed by atoms with Crippen molar-refractivity contribution in [2.75, 3.05) is 33.2 Å². The first-order chi connectivity index (χ1) is 8.88. The summed E-state index contributed by atoms with van der Waals surface area (Å²) in [4.78, 5) is 60.2. The van der Waals surface area contributed by atoms with Gasteiger partial charge in [-0.15, -0.1) is 0 Å². The lowest BCUT2D eigenvalue weighted by Gasteiger charge is -2.26. The summed E-state index contributed by atoms with van der Waals surface area (Å²) in [6.45, 7) is -1.04. The molecule has 0 radical (unpaired) electrons. The Morgan fingerprint density at radius 3 is 2.16 bits per heavy atom. The molecule has 19 heavy (non-hydrogen) atoms. The topological polar surface area (TPSA) is 107 Å². The standard InChI is InChI=1S/C10H12N4O5/c1-12-4-9(18)14(10(12)19)5-8(17)13-2-6(15)11-7(16)3-13/h2-5H2,1H3,(H,11,15,16). The molecule has 0 spiro atoms. The molecule has 0 aromatic heterocycles. The van der Waals surface area contributed by atoms with Gasteiger partial charge in [-0.05, 0) is 0 Å². The van der Waals surface area contributed by atoms with Crippen LogP contribution in [0.15, 0.2) is 0 Å². The summed E-state index contributed by atoms with van der Waals surface area (Å²) in [5.41, 5.74) is 0. The largest absolute Gasteiger partial charge is 0.327 e. The smallest absolute Gasteiger partial charge is 0.322 e. The highest BCUT2D eigenvalue weighted by Crippen LogP contribution is 2.08. The highest BCUT2D eigenvalue weighted by atomic mass is 16.2. The van der Waals surface area contributed by atoms with Crippen molar-refractivity contribution in [3.05, 3.63) is 0 Å². The summed E-state index contributed by atoms with van der Waals surface area (Å²) in [5, 5.41) is 2.05. The molecule has 9 heteroatoms. The lowest BCUT2D eigenvalue weighted by molar-refractivity contribution is -0.146. The molecule has 0 unspecified atom stereocenters. The van der Waals surface area contributed by atoms with Crippen LogP contribution in [-0.4, -0.2) is 77.6 Å². The molecule has 2 aliphatic heterocycles. The fourth-order valence-electron chi connectivity index (χ4n) is 1.87. The van der Waals surface area contributed by atoms with Crippen LogP contribution in [0, 0.1) is 0 Å². The second kappa shape index (κ2) is 4.67. The Morgan fingerprint density at radius 2 is 1.68 bits per heavy atom. The van der Waals surface area contributed by atoms with Gasteiger partial charge in [0.25, 0.3) is 5.91 Å². The monoisotopic (exact) mass is 268 g/mol. The van der Waals surface area contributed by atoms with Crippen LogP contribution in [0.3, 0.4) is 0 Å². The van der Waals surface area contributed by atoms with Gasteiger partial charge < -0.3 is 9.80 Å². The van der Waals surface area contributed by atoms with Gasteiger partial charge in [0, 0.05) is 7.05 Å². The Morgan fingerprint density at radius 1 is 1.11 bits per heavy atom. The van der Waals surface area contributed by atoms with Crippen molar-refractivity contribution in [2.24, 2.45) is 0 Å². The predicted molar refractivity (Wildman–Crippen MR) is 59.5 cm³/mol. The van der Waals surface area contributed by atoms with Crippen LogP contribution in [-0.2, 0) is 19.2 Å². The minimum atomic E-state index is -0.611. The van der Waals surface area contributed by atoms with Gasteiger partial charge in [-0.25, -0.2) is 4.79 Å². The van der Waals surface area contributed by atoms with Gasteiger partial charge in [0.2, 0.25) is 17.7 Å². The van der Waals surface area contributed by atoms with Gasteiger partial charge in [-0.2, -0.15) is 0 Å². The minimum Gasteiger partial charge on any atom is -0.322 e. The van der Waals surface area contributed by atoms with Crippen LogP contribution in [0.4, 0.5) is 4.79 Å². The maximum atomic E-state index is 11.9. The third kappa shape index (κ3) is 2.54. The molecule has 102 valence electrons. The second-order valence-electron chi connectivity index (χ2n) is 4.34. The Bertz CT molecular complexity index is 472. The molecule has 9 nitrogen and oxygen atoms in total. The number of hydrogen-bond donors (Lipinski definition) is 1. The maximum absolute atomic E-state index is 11.9. The van der Waals surface area contributed by atoms with E-state index in [2.05, 4.69) is 5.32 Å². The molecule has 2 saturated heterocycles. The van der Waals surface area contributed by atoms with Crippen molar-refractivity contribution in [2.45, 2.75) is 0 Å². The van der Waals surface area contributed by atoms with Crippen LogP contribution < -0.4 is 5.32 Å². The molecule has 2 aliphatic rings. The van der Waals surface area contributed by atoms with E-state index in [1.165, 1.54) is 11.9 Å². The first-order valence-electron chi connectivity index (χ1n) is 5.54. The number of amides is 6. The van der Waals surface area contributed by atoms with E-state index in [1.54, 1.807) is 0 Å². The van der Waals surface area contributed by atoms with E-state index in [9.17, 15) is 24.0 Å². The van der Waals surface area contributed by atoms with Crippen molar-refractivity contribution in [1.82, 2.24) is 20.0 Å². The van der Waals surface area contributed by atoms with Gasteiger partial charge in [0.05, 0.1) is 0 Å². The normalized spacial score (nSPS) is 20.2. The average Bonchev–Trinajstić information content (AvgIpc) is 2.54. The summed E-state index contributed by atoms with van der Waals surface area (Å²) in [6, 6.07) is -0.564. The van der Waals surface area contributed by atoms with E-state index in [4.69, 9.17) is 0 Å². The molecule has 6 amide bonds. The van der Waals surface area contributed by atoms with Crippen LogP contribution in [0.5, 0.6) is 0 Å². The molecule has 2 rings (SSSR count). The van der Waals surface area contributed by atoms with E-state index in [1.807, 2.05) is 0 Å². The van der Waals surface area contributed by atoms with Crippen LogP contribution in [0.25, 0.3) is 0 Å². The van der Waals surface area contributed by atoms with E-state index in [0.717, 1.165) is 9.80 Å². The van der Waals surface area contributed by atoms with E-state index in [-0.39, 0.29) is 19.6 Å². The molecule has 0 atom stereocenters. The highest BCUT2D eigenvalue weighted by Gasteiger charge is 2.36. The van der Waals surface area contributed by atoms with Gasteiger partial charge >= 0.3 is 6.03 Å². The van der Waals surface area contributed by atoms with Gasteiger partial charge in [0.1, 0.15) is 26.2 Å². The lowest BCUT2D eigenvalue weighted by Crippen LogP contribution is -2.55. The van der Waals surface area contributed by atoms with Crippen molar-refractivity contribution < 1.29 is 24.0 Å². The number of nitrogens with one attached hydrogen (secondary N) is 1. The average molecular weight is 268 g/mol. The SMILES string of the molecule is CN1CC(=O)N(CC(=O)N2CC(=O)NC(=O)C2)C1=O. The van der Waals surface area contributed by atoms with Crippen molar-refractivity contribution in [3.63, 3.8) is 0 Å². The van der Waals surface area contributed by atoms with Gasteiger partial charge in [0.15, 0.2) is 0 Å². The fraction of sp³-hybridized carbons (Fsp3) is 0.500. The summed E-state index contributed by atoms with van der Waals surface area (Å²) in [7, 11) is 1.45. The maximum Gasteiger partial charge on any atom is 0.327 e. The Hall–Kier alpha value is -2.45. The van der Waals surface area contributed by atoms with Crippen molar-refractivity contribution in [3.8, 4) is 0 Å². The molecular formula is C10H12N4O5. The van der Waals surface area contributed by atoms with Crippen LogP contribution in [0.1, 0.15) is 0 Å². The minimum absolute atomic E-state index is 0.0778. The Labute approximate surface area is 108 Å². The summed E-state index contributed by atoms with van der Waals surface area (Å²) in [6.07, 6.45) is 0. The molecule has 0 saturated carbocycles. The van der Waals surface area contributed by atoms with E-state index >= 15 is 0 Å². The lowest BCUT2D eigenvalue weighted by atomic mass is 10.3. The number of imide groups is 2. The molecule has 1 N–H and O–H groups in total. The van der Waals surface area contributed by atoms with E-state index in [0.29, 0.717) is 0 Å². The molecule has 0 aromatic carbocycles. The number of hydrogen-bond acceptors (Lipinski definition) is 5. The zero-order valence-corrected chi connectivity index (χ0v) is 10.2. The van der Waals surface area contributed by atoms with Crippen molar-refractivity contribution in [1.29, 1.82) is 0 Å². The summed E-state index contributed by atoms with van der Waals surface area (Å²) < 4.78 is 0. The second-order valence-corrected chi connectivity index (χ2v) is 4.34. The molecule has 0 bridgehead atoms. The highest BCUT2D eigenvalue weighted by molar-refractivity contribution is 6.06. The van der Waals surface area contributed by atoms with Crippen LogP contribution in [0.2, 0.25) is 0 Å². The number of piperazine rings is 1. The molecule has 2 heterocycles. The number of urea groups is 1.